The number of fused-ring (bicyclic) bond motifs is 1. The van der Waals surface area contributed by atoms with Gasteiger partial charge in [-0.2, -0.15) is 17.0 Å². The van der Waals surface area contributed by atoms with Gasteiger partial charge in [-0.15, -0.1) is 0 Å². The lowest BCUT2D eigenvalue weighted by Crippen LogP contribution is -2.48. The number of carbonyl (C=O) groups is 1. The van der Waals surface area contributed by atoms with E-state index in [1.54, 1.807) is 0 Å². The Hall–Kier alpha value is -1.84. The van der Waals surface area contributed by atoms with Gasteiger partial charge in [0.15, 0.2) is 11.5 Å². The molecule has 2 aliphatic rings. The van der Waals surface area contributed by atoms with Crippen LogP contribution in [0.15, 0.2) is 24.3 Å². The van der Waals surface area contributed by atoms with E-state index in [-0.39, 0.29) is 17.9 Å². The number of benzene rings is 1. The minimum Gasteiger partial charge on any atom is -0.486 e. The van der Waals surface area contributed by atoms with Gasteiger partial charge < -0.3 is 14.8 Å². The standard InChI is InChI=1S/C17H25N3O5S/c1-19(2)26(22,23)20-9-7-13(8-10-20)17(21)18-11-14-12-24-15-5-3-4-6-16(15)25-14/h3-6,13-14H,7-12H2,1-2H3,(H,18,21)/t14-/m0/s1. The molecular formula is C17H25N3O5S. The first-order chi connectivity index (χ1) is 12.4. The molecule has 1 N–H and O–H groups in total. The van der Waals surface area contributed by atoms with Gasteiger partial charge in [0, 0.05) is 33.1 Å². The van der Waals surface area contributed by atoms with Crippen molar-refractivity contribution in [2.75, 3.05) is 40.3 Å². The van der Waals surface area contributed by atoms with Gasteiger partial charge >= 0.3 is 0 Å². The third-order valence-corrected chi connectivity index (χ3v) is 6.62. The van der Waals surface area contributed by atoms with E-state index in [1.807, 2.05) is 24.3 Å². The molecule has 0 aliphatic carbocycles. The van der Waals surface area contributed by atoms with Crippen molar-refractivity contribution in [3.8, 4) is 11.5 Å². The maximum absolute atomic E-state index is 12.4. The second-order valence-electron chi connectivity index (χ2n) is 6.71. The maximum atomic E-state index is 12.4. The largest absolute Gasteiger partial charge is 0.486 e. The number of carbonyl (C=O) groups excluding carboxylic acids is 1. The first kappa shape index (κ1) is 18.9. The Kier molecular flexibility index (Phi) is 5.69. The number of hydrogen-bond acceptors (Lipinski definition) is 5. The van der Waals surface area contributed by atoms with Crippen molar-refractivity contribution < 1.29 is 22.7 Å². The van der Waals surface area contributed by atoms with Gasteiger partial charge in [-0.3, -0.25) is 4.79 Å². The predicted octanol–water partition coefficient (Wildman–Crippen LogP) is 0.461. The first-order valence-corrected chi connectivity index (χ1v) is 10.1. The summed E-state index contributed by atoms with van der Waals surface area (Å²) in [6.07, 6.45) is 0.802. The third kappa shape index (κ3) is 4.11. The summed E-state index contributed by atoms with van der Waals surface area (Å²) < 4.78 is 38.3. The average Bonchev–Trinajstić information content (AvgIpc) is 2.66. The van der Waals surface area contributed by atoms with Crippen molar-refractivity contribution in [3.05, 3.63) is 24.3 Å². The van der Waals surface area contributed by atoms with Gasteiger partial charge in [0.05, 0.1) is 6.54 Å². The van der Waals surface area contributed by atoms with Gasteiger partial charge in [0.1, 0.15) is 12.7 Å². The highest BCUT2D eigenvalue weighted by molar-refractivity contribution is 7.86. The molecule has 1 aromatic rings. The quantitative estimate of drug-likeness (QED) is 0.798. The van der Waals surface area contributed by atoms with Crippen molar-refractivity contribution in [1.29, 1.82) is 0 Å². The molecule has 2 heterocycles. The summed E-state index contributed by atoms with van der Waals surface area (Å²) >= 11 is 0. The van der Waals surface area contributed by atoms with E-state index >= 15 is 0 Å². The monoisotopic (exact) mass is 383 g/mol. The molecule has 1 atom stereocenters. The van der Waals surface area contributed by atoms with Crippen molar-refractivity contribution >= 4 is 16.1 Å². The second-order valence-corrected chi connectivity index (χ2v) is 8.85. The highest BCUT2D eigenvalue weighted by atomic mass is 32.2. The molecule has 0 saturated carbocycles. The van der Waals surface area contributed by atoms with Crippen LogP contribution in [0.3, 0.4) is 0 Å². The lowest BCUT2D eigenvalue weighted by molar-refractivity contribution is -0.126. The van der Waals surface area contributed by atoms with E-state index in [9.17, 15) is 13.2 Å². The highest BCUT2D eigenvalue weighted by Crippen LogP contribution is 2.30. The van der Waals surface area contributed by atoms with E-state index in [4.69, 9.17) is 9.47 Å². The molecule has 2 aliphatic heterocycles. The molecule has 1 fully saturated rings. The second kappa shape index (κ2) is 7.81. The molecule has 9 heteroatoms. The molecule has 0 radical (unpaired) electrons. The number of amides is 1. The van der Waals surface area contributed by atoms with Crippen LogP contribution in [0.1, 0.15) is 12.8 Å². The molecule has 0 spiro atoms. The summed E-state index contributed by atoms with van der Waals surface area (Å²) in [6, 6.07) is 7.44. The Morgan fingerprint density at radius 2 is 1.88 bits per heavy atom. The molecule has 3 rings (SSSR count). The number of rotatable bonds is 5. The van der Waals surface area contributed by atoms with E-state index in [2.05, 4.69) is 5.32 Å². The Labute approximate surface area is 154 Å². The lowest BCUT2D eigenvalue weighted by Gasteiger charge is -2.32. The number of nitrogens with one attached hydrogen (secondary N) is 1. The molecular weight excluding hydrogens is 358 g/mol. The Balaban J connectivity index is 1.45. The van der Waals surface area contributed by atoms with E-state index in [1.165, 1.54) is 22.7 Å². The SMILES string of the molecule is CN(C)S(=O)(=O)N1CCC(C(=O)NC[C@H]2COc3ccccc3O2)CC1. The van der Waals surface area contributed by atoms with Gasteiger partial charge in [-0.25, -0.2) is 0 Å². The zero-order valence-electron chi connectivity index (χ0n) is 15.1. The van der Waals surface area contributed by atoms with E-state index in [0.717, 1.165) is 0 Å². The van der Waals surface area contributed by atoms with Crippen molar-refractivity contribution in [2.45, 2.75) is 18.9 Å². The number of piperidine rings is 1. The van der Waals surface area contributed by atoms with E-state index in [0.29, 0.717) is 50.6 Å². The van der Waals surface area contributed by atoms with E-state index < -0.39 is 10.2 Å². The van der Waals surface area contributed by atoms with Gasteiger partial charge in [-0.05, 0) is 25.0 Å². The smallest absolute Gasteiger partial charge is 0.281 e. The van der Waals surface area contributed by atoms with Crippen molar-refractivity contribution in [2.24, 2.45) is 5.92 Å². The molecule has 0 bridgehead atoms. The van der Waals surface area contributed by atoms with Gasteiger partial charge in [0.2, 0.25) is 5.91 Å². The minimum atomic E-state index is -3.41. The summed E-state index contributed by atoms with van der Waals surface area (Å²) in [7, 11) is -0.384. The number of nitrogens with zero attached hydrogens (tertiary/aromatic N) is 2. The topological polar surface area (TPSA) is 88.2 Å². The normalized spacial score (nSPS) is 21.6. The average molecular weight is 383 g/mol. The van der Waals surface area contributed by atoms with Crippen molar-refractivity contribution in [1.82, 2.24) is 13.9 Å². The fourth-order valence-corrected chi connectivity index (χ4v) is 4.24. The summed E-state index contributed by atoms with van der Waals surface area (Å²) in [6.45, 7) is 1.46. The van der Waals surface area contributed by atoms with Crippen LogP contribution < -0.4 is 14.8 Å². The summed E-state index contributed by atoms with van der Waals surface area (Å²) in [5.74, 6) is 1.15. The van der Waals surface area contributed by atoms with Crippen LogP contribution in [0.25, 0.3) is 0 Å². The van der Waals surface area contributed by atoms with Gasteiger partial charge in [-0.1, -0.05) is 12.1 Å². The molecule has 0 aromatic heterocycles. The van der Waals surface area contributed by atoms with Gasteiger partial charge in [0.25, 0.3) is 10.2 Å². The molecule has 144 valence electrons. The molecule has 8 nitrogen and oxygen atoms in total. The highest BCUT2D eigenvalue weighted by Gasteiger charge is 2.32. The third-order valence-electron chi connectivity index (χ3n) is 4.68. The van der Waals surface area contributed by atoms with Crippen LogP contribution in [-0.2, 0) is 15.0 Å². The zero-order chi connectivity index (χ0) is 18.7. The Morgan fingerprint density at radius 3 is 2.54 bits per heavy atom. The molecule has 26 heavy (non-hydrogen) atoms. The van der Waals surface area contributed by atoms with Crippen LogP contribution >= 0.6 is 0 Å². The molecule has 1 saturated heterocycles. The Bertz CT molecular complexity index is 745. The first-order valence-electron chi connectivity index (χ1n) is 8.71. The lowest BCUT2D eigenvalue weighted by atomic mass is 9.97. The zero-order valence-corrected chi connectivity index (χ0v) is 15.9. The number of ether oxygens (including phenoxy) is 2. The predicted molar refractivity (Wildman–Crippen MR) is 96.3 cm³/mol. The van der Waals surface area contributed by atoms with Crippen molar-refractivity contribution in [3.63, 3.8) is 0 Å². The number of hydrogen-bond donors (Lipinski definition) is 1. The van der Waals surface area contributed by atoms with Crippen LogP contribution in [0.5, 0.6) is 11.5 Å². The van der Waals surface area contributed by atoms with Crippen LogP contribution in [0.2, 0.25) is 0 Å². The fraction of sp³-hybridized carbons (Fsp3) is 0.588. The summed E-state index contributed by atoms with van der Waals surface area (Å²) in [5, 5.41) is 2.91. The Morgan fingerprint density at radius 1 is 1.23 bits per heavy atom. The van der Waals surface area contributed by atoms with Crippen LogP contribution in [0.4, 0.5) is 0 Å². The summed E-state index contributed by atoms with van der Waals surface area (Å²) in [4.78, 5) is 12.4. The number of para-hydroxylation sites is 2. The maximum Gasteiger partial charge on any atom is 0.281 e. The summed E-state index contributed by atoms with van der Waals surface area (Å²) in [5.41, 5.74) is 0. The molecule has 1 aromatic carbocycles. The molecule has 1 amide bonds. The van der Waals surface area contributed by atoms with Crippen LogP contribution in [0, 0.1) is 5.92 Å². The molecule has 0 unspecified atom stereocenters. The van der Waals surface area contributed by atoms with Crippen LogP contribution in [-0.4, -0.2) is 69.4 Å². The fourth-order valence-electron chi connectivity index (χ4n) is 3.10. The minimum absolute atomic E-state index is 0.0608.